The van der Waals surface area contributed by atoms with Crippen molar-refractivity contribution < 1.29 is 24.8 Å². The summed E-state index contributed by atoms with van der Waals surface area (Å²) in [7, 11) is 0. The molecule has 0 aromatic carbocycles. The molecule has 0 saturated carbocycles. The molecule has 6 heteroatoms. The minimum absolute atomic E-state index is 0.367. The van der Waals surface area contributed by atoms with Gasteiger partial charge in [0.15, 0.2) is 0 Å². The van der Waals surface area contributed by atoms with E-state index in [0.717, 1.165) is 0 Å². The summed E-state index contributed by atoms with van der Waals surface area (Å²) in [5.41, 5.74) is 0. The Morgan fingerprint density at radius 3 is 2.50 bits per heavy atom. The number of aliphatic hydroxyl groups excluding tert-OH is 3. The lowest BCUT2D eigenvalue weighted by Crippen LogP contribution is -2.35. The Kier molecular flexibility index (Phi) is 3.35. The van der Waals surface area contributed by atoms with Gasteiger partial charge in [-0.2, -0.15) is 0 Å². The summed E-state index contributed by atoms with van der Waals surface area (Å²) in [6.07, 6.45) is -1.04. The molecule has 1 aromatic rings. The highest BCUT2D eigenvalue weighted by Crippen LogP contribution is 2.23. The Labute approximate surface area is 92.1 Å². The summed E-state index contributed by atoms with van der Waals surface area (Å²) in [5.74, 6) is 0.477. The summed E-state index contributed by atoms with van der Waals surface area (Å²) in [4.78, 5) is 3.81. The van der Waals surface area contributed by atoms with E-state index in [9.17, 15) is 10.2 Å². The zero-order valence-corrected chi connectivity index (χ0v) is 8.43. The molecule has 6 nitrogen and oxygen atoms in total. The first-order valence-corrected chi connectivity index (χ1v) is 4.91. The van der Waals surface area contributed by atoms with Crippen LogP contribution in [0.1, 0.15) is 0 Å². The lowest BCUT2D eigenvalue weighted by Gasteiger charge is -2.16. The van der Waals surface area contributed by atoms with E-state index in [0.29, 0.717) is 5.75 Å². The molecule has 1 saturated heterocycles. The van der Waals surface area contributed by atoms with Gasteiger partial charge in [-0.3, -0.25) is 4.98 Å². The van der Waals surface area contributed by atoms with Gasteiger partial charge in [-0.15, -0.1) is 0 Å². The zero-order chi connectivity index (χ0) is 11.5. The fraction of sp³-hybridized carbons (Fsp3) is 0.500. The second kappa shape index (κ2) is 4.75. The van der Waals surface area contributed by atoms with Crippen molar-refractivity contribution in [3.8, 4) is 5.75 Å². The van der Waals surface area contributed by atoms with Crippen molar-refractivity contribution in [2.75, 3.05) is 6.61 Å². The number of pyridine rings is 1. The predicted octanol–water partition coefficient (Wildman–Crippen LogP) is -1.10. The van der Waals surface area contributed by atoms with Crippen LogP contribution < -0.4 is 4.74 Å². The highest BCUT2D eigenvalue weighted by Gasteiger charge is 2.43. The van der Waals surface area contributed by atoms with E-state index < -0.39 is 24.6 Å². The maximum Gasteiger partial charge on any atom is 0.229 e. The molecule has 88 valence electrons. The molecule has 4 atom stereocenters. The van der Waals surface area contributed by atoms with Crippen molar-refractivity contribution in [1.29, 1.82) is 0 Å². The van der Waals surface area contributed by atoms with E-state index in [-0.39, 0.29) is 6.61 Å². The van der Waals surface area contributed by atoms with E-state index in [1.807, 2.05) is 0 Å². The van der Waals surface area contributed by atoms with Crippen LogP contribution in [-0.4, -0.2) is 51.5 Å². The number of hydrogen-bond donors (Lipinski definition) is 3. The third kappa shape index (κ3) is 2.14. The SMILES string of the molecule is OC[C@H]1OC(Oc2ccncc2)[C@H](O)[C@@H]1O. The first-order valence-electron chi connectivity index (χ1n) is 4.91. The van der Waals surface area contributed by atoms with Crippen molar-refractivity contribution >= 4 is 0 Å². The van der Waals surface area contributed by atoms with Gasteiger partial charge in [0.2, 0.25) is 6.29 Å². The van der Waals surface area contributed by atoms with E-state index in [1.165, 1.54) is 12.4 Å². The molecule has 0 radical (unpaired) electrons. The van der Waals surface area contributed by atoms with Crippen molar-refractivity contribution in [2.45, 2.75) is 24.6 Å². The van der Waals surface area contributed by atoms with Gasteiger partial charge in [0.25, 0.3) is 0 Å². The largest absolute Gasteiger partial charge is 0.462 e. The number of ether oxygens (including phenoxy) is 2. The van der Waals surface area contributed by atoms with E-state index in [2.05, 4.69) is 4.98 Å². The molecular weight excluding hydrogens is 214 g/mol. The van der Waals surface area contributed by atoms with Crippen LogP contribution in [0.2, 0.25) is 0 Å². The average Bonchev–Trinajstić information content (AvgIpc) is 2.58. The lowest BCUT2D eigenvalue weighted by molar-refractivity contribution is -0.116. The van der Waals surface area contributed by atoms with Gasteiger partial charge in [-0.1, -0.05) is 0 Å². The molecule has 1 aliphatic heterocycles. The Morgan fingerprint density at radius 2 is 1.94 bits per heavy atom. The van der Waals surface area contributed by atoms with E-state index in [4.69, 9.17) is 14.6 Å². The topological polar surface area (TPSA) is 92.0 Å². The summed E-state index contributed by atoms with van der Waals surface area (Å²) in [5, 5.41) is 27.9. The minimum atomic E-state index is -1.18. The molecule has 0 spiro atoms. The van der Waals surface area contributed by atoms with Gasteiger partial charge in [0.05, 0.1) is 6.61 Å². The third-order valence-electron chi connectivity index (χ3n) is 2.40. The quantitative estimate of drug-likeness (QED) is 0.607. The van der Waals surface area contributed by atoms with Gasteiger partial charge in [0, 0.05) is 12.4 Å². The highest BCUT2D eigenvalue weighted by atomic mass is 16.7. The van der Waals surface area contributed by atoms with E-state index >= 15 is 0 Å². The number of hydrogen-bond acceptors (Lipinski definition) is 6. The second-order valence-corrected chi connectivity index (χ2v) is 3.51. The summed E-state index contributed by atoms with van der Waals surface area (Å²) in [6, 6.07) is 3.21. The molecule has 0 bridgehead atoms. The molecule has 2 heterocycles. The van der Waals surface area contributed by atoms with Crippen molar-refractivity contribution in [2.24, 2.45) is 0 Å². The summed E-state index contributed by atoms with van der Waals surface area (Å²) < 4.78 is 10.5. The number of aromatic nitrogens is 1. The van der Waals surface area contributed by atoms with Crippen LogP contribution in [0.4, 0.5) is 0 Å². The van der Waals surface area contributed by atoms with Gasteiger partial charge in [-0.25, -0.2) is 0 Å². The lowest BCUT2D eigenvalue weighted by atomic mass is 10.1. The summed E-state index contributed by atoms with van der Waals surface area (Å²) >= 11 is 0. The third-order valence-corrected chi connectivity index (χ3v) is 2.40. The summed E-state index contributed by atoms with van der Waals surface area (Å²) in [6.45, 7) is -0.367. The second-order valence-electron chi connectivity index (χ2n) is 3.51. The maximum absolute atomic E-state index is 9.59. The average molecular weight is 227 g/mol. The predicted molar refractivity (Wildman–Crippen MR) is 52.6 cm³/mol. The number of rotatable bonds is 3. The zero-order valence-electron chi connectivity index (χ0n) is 8.43. The maximum atomic E-state index is 9.59. The Hall–Kier alpha value is -1.21. The molecule has 1 fully saturated rings. The van der Waals surface area contributed by atoms with Crippen LogP contribution in [0.15, 0.2) is 24.5 Å². The molecule has 1 unspecified atom stereocenters. The first kappa shape index (κ1) is 11.3. The van der Waals surface area contributed by atoms with Crippen LogP contribution in [-0.2, 0) is 4.74 Å². The Balaban J connectivity index is 2.01. The molecule has 0 amide bonds. The molecule has 1 aliphatic rings. The monoisotopic (exact) mass is 227 g/mol. The fourth-order valence-corrected chi connectivity index (χ4v) is 1.51. The molecular formula is C10H13NO5. The smallest absolute Gasteiger partial charge is 0.229 e. The number of nitrogens with zero attached hydrogens (tertiary/aromatic N) is 1. The van der Waals surface area contributed by atoms with Crippen molar-refractivity contribution in [1.82, 2.24) is 4.98 Å². The highest BCUT2D eigenvalue weighted by molar-refractivity contribution is 5.17. The van der Waals surface area contributed by atoms with Crippen LogP contribution >= 0.6 is 0 Å². The Morgan fingerprint density at radius 1 is 1.25 bits per heavy atom. The number of aliphatic hydroxyl groups is 3. The van der Waals surface area contributed by atoms with Gasteiger partial charge >= 0.3 is 0 Å². The van der Waals surface area contributed by atoms with Crippen LogP contribution in [0.3, 0.4) is 0 Å². The standard InChI is InChI=1S/C10H13NO5/c12-5-7-8(13)9(14)10(16-7)15-6-1-3-11-4-2-6/h1-4,7-10,12-14H,5H2/t7-,8-,9-,10?/m1/s1. The van der Waals surface area contributed by atoms with Gasteiger partial charge in [0.1, 0.15) is 24.1 Å². The Bertz CT molecular complexity index is 333. The van der Waals surface area contributed by atoms with Crippen LogP contribution in [0, 0.1) is 0 Å². The molecule has 0 aliphatic carbocycles. The van der Waals surface area contributed by atoms with Crippen LogP contribution in [0.25, 0.3) is 0 Å². The molecule has 16 heavy (non-hydrogen) atoms. The molecule has 1 aromatic heterocycles. The van der Waals surface area contributed by atoms with Gasteiger partial charge in [-0.05, 0) is 12.1 Å². The molecule has 2 rings (SSSR count). The van der Waals surface area contributed by atoms with Gasteiger partial charge < -0.3 is 24.8 Å². The normalized spacial score (nSPS) is 33.9. The van der Waals surface area contributed by atoms with E-state index in [1.54, 1.807) is 12.1 Å². The van der Waals surface area contributed by atoms with Crippen molar-refractivity contribution in [3.05, 3.63) is 24.5 Å². The fourth-order valence-electron chi connectivity index (χ4n) is 1.51. The van der Waals surface area contributed by atoms with Crippen molar-refractivity contribution in [3.63, 3.8) is 0 Å². The van der Waals surface area contributed by atoms with Crippen LogP contribution in [0.5, 0.6) is 5.75 Å². The minimum Gasteiger partial charge on any atom is -0.462 e. The molecule has 3 N–H and O–H groups in total. The first-order chi connectivity index (χ1) is 7.72.